The van der Waals surface area contributed by atoms with Gasteiger partial charge in [0, 0.05) is 12.8 Å². The van der Waals surface area contributed by atoms with E-state index in [1.807, 2.05) is 21.1 Å². The van der Waals surface area contributed by atoms with E-state index < -0.39 is 24.3 Å². The number of hydrogen-bond donors (Lipinski definition) is 1. The van der Waals surface area contributed by atoms with Gasteiger partial charge in [-0.3, -0.25) is 9.59 Å². The molecule has 0 rings (SSSR count). The SMILES string of the molecule is CC/C=C\C/C=C\C/C=C\C/C=C\C/C=C\C/C=C\CCCCCCCCC(=O)OC(COC(=O)CCCCCCCCCCCCCCCCCCCCC/C=C\CCCCCCCCCC)COC(OCC[N+](C)(C)C)C(=O)O. The number of ether oxygens (including phenoxy) is 4. The van der Waals surface area contributed by atoms with Crippen LogP contribution in [0.15, 0.2) is 85.1 Å². The van der Waals surface area contributed by atoms with Crippen LogP contribution in [0, 0.1) is 0 Å². The third kappa shape index (κ3) is 63.9. The van der Waals surface area contributed by atoms with Crippen LogP contribution in [0.1, 0.15) is 296 Å². The maximum absolute atomic E-state index is 12.9. The molecule has 0 aromatic carbocycles. The number of rotatable bonds is 62. The summed E-state index contributed by atoms with van der Waals surface area (Å²) in [6, 6.07) is 0. The Kier molecular flexibility index (Phi) is 59.8. The number of carboxylic acids is 1. The van der Waals surface area contributed by atoms with Crippen molar-refractivity contribution in [3.63, 3.8) is 0 Å². The van der Waals surface area contributed by atoms with Crippen molar-refractivity contribution in [2.45, 2.75) is 309 Å². The van der Waals surface area contributed by atoms with Gasteiger partial charge in [0.05, 0.1) is 34.4 Å². The normalized spacial score (nSPS) is 13.2. The molecule has 468 valence electrons. The molecule has 0 aliphatic carbocycles. The largest absolute Gasteiger partial charge is 0.477 e. The molecular weight excluding hydrogens is 1010 g/mol. The average Bonchev–Trinajstić information content (AvgIpc) is 3.44. The number of nitrogens with zero attached hydrogens (tertiary/aromatic N) is 1. The molecule has 2 atom stereocenters. The van der Waals surface area contributed by atoms with E-state index in [-0.39, 0.29) is 32.2 Å². The predicted octanol–water partition coefficient (Wildman–Crippen LogP) is 20.7. The Hall–Kier alpha value is -3.53. The number of quaternary nitrogens is 1. The number of hydrogen-bond acceptors (Lipinski definition) is 7. The molecule has 0 aliphatic rings. The molecule has 0 fully saturated rings. The van der Waals surface area contributed by atoms with E-state index in [1.54, 1.807) is 0 Å². The van der Waals surface area contributed by atoms with Crippen molar-refractivity contribution < 1.29 is 42.9 Å². The highest BCUT2D eigenvalue weighted by Gasteiger charge is 2.25. The molecule has 0 radical (unpaired) electrons. The zero-order chi connectivity index (χ0) is 59.1. The number of carbonyl (C=O) groups excluding carboxylic acids is 2. The van der Waals surface area contributed by atoms with Gasteiger partial charge in [0.15, 0.2) is 6.10 Å². The molecule has 0 saturated carbocycles. The lowest BCUT2D eigenvalue weighted by atomic mass is 10.0. The molecule has 9 nitrogen and oxygen atoms in total. The highest BCUT2D eigenvalue weighted by molar-refractivity contribution is 5.71. The zero-order valence-electron chi connectivity index (χ0n) is 53.4. The molecule has 0 heterocycles. The minimum Gasteiger partial charge on any atom is -0.477 e. The van der Waals surface area contributed by atoms with E-state index in [1.165, 1.54) is 167 Å². The van der Waals surface area contributed by atoms with Crippen LogP contribution in [-0.4, -0.2) is 87.4 Å². The summed E-state index contributed by atoms with van der Waals surface area (Å²) in [6.45, 7) is 4.77. The molecule has 0 aliphatic heterocycles. The quantitative estimate of drug-likeness (QED) is 0.0211. The van der Waals surface area contributed by atoms with Crippen LogP contribution in [0.4, 0.5) is 0 Å². The topological polar surface area (TPSA) is 108 Å². The second kappa shape index (κ2) is 62.5. The van der Waals surface area contributed by atoms with Crippen molar-refractivity contribution in [1.82, 2.24) is 0 Å². The molecule has 0 aromatic rings. The Balaban J connectivity index is 4.15. The number of allylic oxidation sites excluding steroid dienone is 14. The van der Waals surface area contributed by atoms with Crippen LogP contribution in [-0.2, 0) is 33.3 Å². The van der Waals surface area contributed by atoms with Gasteiger partial charge in [-0.2, -0.15) is 0 Å². The Morgan fingerprint density at radius 3 is 1.06 bits per heavy atom. The van der Waals surface area contributed by atoms with E-state index in [0.29, 0.717) is 23.9 Å². The number of aliphatic carboxylic acids is 1. The highest BCUT2D eigenvalue weighted by Crippen LogP contribution is 2.17. The van der Waals surface area contributed by atoms with Crippen molar-refractivity contribution in [1.29, 1.82) is 0 Å². The Labute approximate surface area is 500 Å². The number of likely N-dealkylation sites (N-methyl/N-ethyl adjacent to an activating group) is 1. The van der Waals surface area contributed by atoms with Gasteiger partial charge in [-0.15, -0.1) is 0 Å². The second-order valence-electron chi connectivity index (χ2n) is 23.7. The fraction of sp³-hybridized carbons (Fsp3) is 0.764. The number of unbranched alkanes of at least 4 members (excludes halogenated alkanes) is 33. The fourth-order valence-corrected chi connectivity index (χ4v) is 9.48. The first-order valence-electron chi connectivity index (χ1n) is 33.8. The van der Waals surface area contributed by atoms with Crippen LogP contribution in [0.2, 0.25) is 0 Å². The second-order valence-corrected chi connectivity index (χ2v) is 23.7. The third-order valence-corrected chi connectivity index (χ3v) is 14.6. The lowest BCUT2D eigenvalue weighted by molar-refractivity contribution is -0.870. The van der Waals surface area contributed by atoms with Gasteiger partial charge in [0.2, 0.25) is 0 Å². The first kappa shape index (κ1) is 77.5. The summed E-state index contributed by atoms with van der Waals surface area (Å²) in [4.78, 5) is 37.6. The monoisotopic (exact) mass is 1130 g/mol. The molecule has 0 bridgehead atoms. The van der Waals surface area contributed by atoms with Gasteiger partial charge >= 0.3 is 17.9 Å². The third-order valence-electron chi connectivity index (χ3n) is 14.6. The first-order valence-corrected chi connectivity index (χ1v) is 33.8. The van der Waals surface area contributed by atoms with Crippen molar-refractivity contribution in [2.75, 3.05) is 47.5 Å². The molecule has 0 saturated heterocycles. The Bertz CT molecular complexity index is 1600. The molecule has 2 unspecified atom stereocenters. The lowest BCUT2D eigenvalue weighted by Crippen LogP contribution is -2.40. The molecule has 0 amide bonds. The summed E-state index contributed by atoms with van der Waals surface area (Å²) in [5.74, 6) is -2.02. The van der Waals surface area contributed by atoms with E-state index in [0.717, 1.165) is 96.3 Å². The number of carboxylic acid groups (broad SMARTS) is 1. The summed E-state index contributed by atoms with van der Waals surface area (Å²) in [5.41, 5.74) is 0. The van der Waals surface area contributed by atoms with Crippen molar-refractivity contribution >= 4 is 17.9 Å². The van der Waals surface area contributed by atoms with Gasteiger partial charge < -0.3 is 28.5 Å². The van der Waals surface area contributed by atoms with E-state index in [4.69, 9.17) is 18.9 Å². The standard InChI is InChI=1S/C72H127NO8/c1-6-8-10-12-14-16-18-20-22-24-26-28-30-32-33-34-35-36-37-39-40-42-44-46-48-50-52-54-56-58-60-62-69(74)79-66-68(67-80-72(71(76)77)78-65-64-73(3,4)5)81-70(75)63-61-59-57-55-53-51-49-47-45-43-41-38-31-29-27-25-23-21-19-17-15-13-11-9-7-2/h9,11,15,17,21,23-24,26-27,29,38,41,45,47,68,72H,6-8,10,12-14,16,18-20,22,25,28,30-37,39-40,42-44,46,48-67H2,1-5H3/p+1/b11-9-,17-15-,23-21-,26-24-,29-27-,41-38-,47-45-. The Morgan fingerprint density at radius 1 is 0.383 bits per heavy atom. The molecule has 0 spiro atoms. The van der Waals surface area contributed by atoms with Crippen LogP contribution in [0.25, 0.3) is 0 Å². The number of carbonyl (C=O) groups is 3. The van der Waals surface area contributed by atoms with E-state index in [2.05, 4.69) is 98.9 Å². The zero-order valence-corrected chi connectivity index (χ0v) is 53.4. The van der Waals surface area contributed by atoms with Crippen LogP contribution in [0.5, 0.6) is 0 Å². The molecule has 1 N–H and O–H groups in total. The molecular formula is C72H128NO8+. The summed E-state index contributed by atoms with van der Waals surface area (Å²) in [7, 11) is 5.97. The maximum atomic E-state index is 12.9. The number of esters is 2. The molecule has 9 heteroatoms. The Morgan fingerprint density at radius 2 is 0.704 bits per heavy atom. The smallest absolute Gasteiger partial charge is 0.361 e. The average molecular weight is 1140 g/mol. The maximum Gasteiger partial charge on any atom is 0.361 e. The van der Waals surface area contributed by atoms with Crippen molar-refractivity contribution in [3.8, 4) is 0 Å². The summed E-state index contributed by atoms with van der Waals surface area (Å²) < 4.78 is 22.9. The summed E-state index contributed by atoms with van der Waals surface area (Å²) >= 11 is 0. The van der Waals surface area contributed by atoms with Gasteiger partial charge in [0.1, 0.15) is 13.2 Å². The van der Waals surface area contributed by atoms with Crippen molar-refractivity contribution in [3.05, 3.63) is 85.1 Å². The molecule has 0 aromatic heterocycles. The molecule has 81 heavy (non-hydrogen) atoms. The predicted molar refractivity (Wildman–Crippen MR) is 346 cm³/mol. The van der Waals surface area contributed by atoms with Gasteiger partial charge in [0.25, 0.3) is 6.29 Å². The van der Waals surface area contributed by atoms with Gasteiger partial charge in [-0.25, -0.2) is 4.79 Å². The van der Waals surface area contributed by atoms with Gasteiger partial charge in [-0.05, 0) is 89.9 Å². The van der Waals surface area contributed by atoms with Crippen LogP contribution < -0.4 is 0 Å². The fourth-order valence-electron chi connectivity index (χ4n) is 9.48. The van der Waals surface area contributed by atoms with E-state index >= 15 is 0 Å². The highest BCUT2D eigenvalue weighted by atomic mass is 16.7. The van der Waals surface area contributed by atoms with Gasteiger partial charge in [-0.1, -0.05) is 279 Å². The van der Waals surface area contributed by atoms with Crippen molar-refractivity contribution in [2.24, 2.45) is 0 Å². The first-order chi connectivity index (χ1) is 39.6. The van der Waals surface area contributed by atoms with E-state index in [9.17, 15) is 19.5 Å². The summed E-state index contributed by atoms with van der Waals surface area (Å²) in [6.07, 6.45) is 81.2. The van der Waals surface area contributed by atoms with Crippen LogP contribution >= 0.6 is 0 Å². The minimum absolute atomic E-state index is 0.182. The van der Waals surface area contributed by atoms with Crippen LogP contribution in [0.3, 0.4) is 0 Å². The minimum atomic E-state index is -1.52. The lowest BCUT2D eigenvalue weighted by Gasteiger charge is -2.25. The summed E-state index contributed by atoms with van der Waals surface area (Å²) in [5, 5.41) is 9.73.